The highest BCUT2D eigenvalue weighted by molar-refractivity contribution is 5.86. The number of ether oxygens (including phenoxy) is 6. The molecule has 4 aliphatic heterocycles. The van der Waals surface area contributed by atoms with E-state index in [1.807, 2.05) is 41.7 Å². The Hall–Kier alpha value is -2.87. The molecule has 0 N–H and O–H groups in total. The lowest BCUT2D eigenvalue weighted by Crippen LogP contribution is -2.43. The van der Waals surface area contributed by atoms with Crippen molar-refractivity contribution in [1.82, 2.24) is 4.90 Å². The lowest BCUT2D eigenvalue weighted by molar-refractivity contribution is -0.142. The summed E-state index contributed by atoms with van der Waals surface area (Å²) in [4.78, 5) is 13.9. The molecule has 0 aliphatic carbocycles. The molecular weight excluding hydrogens is 438 g/mol. The van der Waals surface area contributed by atoms with E-state index in [-0.39, 0.29) is 24.9 Å². The first-order chi connectivity index (χ1) is 16.5. The largest absolute Gasteiger partial charge is 0.501 e. The van der Waals surface area contributed by atoms with Gasteiger partial charge in [0.25, 0.3) is 0 Å². The number of rotatable bonds is 3. The van der Waals surface area contributed by atoms with E-state index in [0.29, 0.717) is 17.3 Å². The number of likely N-dealkylation sites (N-methyl/N-ethyl adjacent to an activating group) is 1. The highest BCUT2D eigenvalue weighted by Gasteiger charge is 2.49. The van der Waals surface area contributed by atoms with Gasteiger partial charge in [0.05, 0.1) is 26.3 Å². The van der Waals surface area contributed by atoms with Crippen molar-refractivity contribution in [2.75, 3.05) is 34.6 Å². The van der Waals surface area contributed by atoms with Gasteiger partial charge in [-0.05, 0) is 31.5 Å². The standard InChI is InChI=1S/C16H15NO5.C6H12O2.2C2H6/c1-7-8-3-4-17(2)12-11(8)15(16-13(7)19-6-20-16)21-9-5-10(18)22-14(9)12;1-4-6(8-3)5-7-2;2*1-2/h5,12,14H,3-4,6H2,1-2H3;5H,4H2,1-3H3;2*1-2H3/b;6-5-;;. The number of hydrogen-bond donors (Lipinski definition) is 0. The third-order valence-electron chi connectivity index (χ3n) is 5.82. The van der Waals surface area contributed by atoms with Crippen LogP contribution in [-0.4, -0.2) is 51.6 Å². The summed E-state index contributed by atoms with van der Waals surface area (Å²) in [7, 11) is 5.29. The molecule has 0 saturated carbocycles. The molecule has 5 rings (SSSR count). The third kappa shape index (κ3) is 5.12. The molecule has 0 radical (unpaired) electrons. The van der Waals surface area contributed by atoms with Gasteiger partial charge in [0.15, 0.2) is 23.4 Å². The van der Waals surface area contributed by atoms with E-state index >= 15 is 0 Å². The van der Waals surface area contributed by atoms with Crippen molar-refractivity contribution >= 4 is 5.97 Å². The highest BCUT2D eigenvalue weighted by Crippen LogP contribution is 2.56. The van der Waals surface area contributed by atoms with E-state index in [0.717, 1.165) is 42.0 Å². The third-order valence-corrected chi connectivity index (χ3v) is 5.82. The average Bonchev–Trinajstić information content (AvgIpc) is 3.50. The Balaban J connectivity index is 0.000000291. The molecule has 2 atom stereocenters. The summed E-state index contributed by atoms with van der Waals surface area (Å²) in [5.41, 5.74) is 3.40. The zero-order chi connectivity index (χ0) is 25.4. The van der Waals surface area contributed by atoms with Gasteiger partial charge in [0, 0.05) is 18.5 Å². The summed E-state index contributed by atoms with van der Waals surface area (Å²) in [5.74, 6) is 3.18. The summed E-state index contributed by atoms with van der Waals surface area (Å²) in [6.45, 7) is 13.2. The van der Waals surface area contributed by atoms with E-state index in [1.165, 1.54) is 11.6 Å². The molecule has 34 heavy (non-hydrogen) atoms. The van der Waals surface area contributed by atoms with Crippen LogP contribution in [0, 0.1) is 6.92 Å². The number of carbonyl (C=O) groups excluding carboxylic acids is 1. The van der Waals surface area contributed by atoms with Crippen molar-refractivity contribution in [2.45, 2.75) is 66.5 Å². The smallest absolute Gasteiger partial charge is 0.335 e. The van der Waals surface area contributed by atoms with Crippen LogP contribution in [0.25, 0.3) is 0 Å². The second-order valence-electron chi connectivity index (χ2n) is 7.47. The molecule has 8 nitrogen and oxygen atoms in total. The maximum Gasteiger partial charge on any atom is 0.335 e. The molecule has 4 aliphatic rings. The molecule has 0 fully saturated rings. The van der Waals surface area contributed by atoms with Gasteiger partial charge in [0.2, 0.25) is 12.5 Å². The maximum atomic E-state index is 11.7. The average molecular weight is 478 g/mol. The van der Waals surface area contributed by atoms with Crippen molar-refractivity contribution in [1.29, 1.82) is 0 Å². The molecule has 4 heterocycles. The number of esters is 1. The monoisotopic (exact) mass is 477 g/mol. The lowest BCUT2D eigenvalue weighted by atomic mass is 9.83. The topological polar surface area (TPSA) is 75.7 Å². The van der Waals surface area contributed by atoms with Gasteiger partial charge >= 0.3 is 5.97 Å². The zero-order valence-corrected chi connectivity index (χ0v) is 21.9. The van der Waals surface area contributed by atoms with Crippen LogP contribution in [0.2, 0.25) is 0 Å². The Morgan fingerprint density at radius 1 is 1.15 bits per heavy atom. The van der Waals surface area contributed by atoms with Gasteiger partial charge in [0.1, 0.15) is 12.0 Å². The van der Waals surface area contributed by atoms with Gasteiger partial charge in [-0.1, -0.05) is 34.6 Å². The Kier molecular flexibility index (Phi) is 10.1. The molecule has 1 aromatic carbocycles. The zero-order valence-electron chi connectivity index (χ0n) is 21.9. The van der Waals surface area contributed by atoms with Crippen LogP contribution in [0.5, 0.6) is 17.2 Å². The number of fused-ring (bicyclic) bond motifs is 4. The maximum absolute atomic E-state index is 11.7. The number of allylic oxidation sites excluding steroid dienone is 1. The van der Waals surface area contributed by atoms with Crippen molar-refractivity contribution in [2.24, 2.45) is 0 Å². The summed E-state index contributed by atoms with van der Waals surface area (Å²) in [5, 5.41) is 0. The molecule has 0 spiro atoms. The molecular formula is C26H39NO7. The first kappa shape index (κ1) is 27.4. The predicted octanol–water partition coefficient (Wildman–Crippen LogP) is 5.04. The molecule has 0 bridgehead atoms. The fourth-order valence-electron chi connectivity index (χ4n) is 4.34. The lowest BCUT2D eigenvalue weighted by Gasteiger charge is -2.42. The van der Waals surface area contributed by atoms with Crippen LogP contribution in [0.4, 0.5) is 0 Å². The number of carbonyl (C=O) groups is 1. The van der Waals surface area contributed by atoms with E-state index in [4.69, 9.17) is 28.4 Å². The Bertz CT molecular complexity index is 916. The van der Waals surface area contributed by atoms with Gasteiger partial charge < -0.3 is 28.4 Å². The summed E-state index contributed by atoms with van der Waals surface area (Å²) < 4.78 is 32.3. The number of benzene rings is 1. The first-order valence-corrected chi connectivity index (χ1v) is 12.0. The van der Waals surface area contributed by atoms with E-state index < -0.39 is 0 Å². The van der Waals surface area contributed by atoms with Crippen LogP contribution >= 0.6 is 0 Å². The van der Waals surface area contributed by atoms with Crippen LogP contribution in [0.1, 0.15) is 63.8 Å². The second kappa shape index (κ2) is 12.6. The van der Waals surface area contributed by atoms with Crippen LogP contribution in [0.3, 0.4) is 0 Å². The minimum absolute atomic E-state index is 0.0293. The molecule has 0 saturated heterocycles. The highest BCUT2D eigenvalue weighted by atomic mass is 16.7. The minimum atomic E-state index is -0.371. The van der Waals surface area contributed by atoms with Gasteiger partial charge in [-0.3, -0.25) is 4.90 Å². The van der Waals surface area contributed by atoms with Crippen molar-refractivity contribution in [3.63, 3.8) is 0 Å². The fourth-order valence-corrected chi connectivity index (χ4v) is 4.34. The Labute approximate surface area is 203 Å². The molecule has 0 amide bonds. The first-order valence-electron chi connectivity index (χ1n) is 12.0. The van der Waals surface area contributed by atoms with E-state index in [9.17, 15) is 4.79 Å². The van der Waals surface area contributed by atoms with Crippen molar-refractivity contribution in [3.8, 4) is 17.2 Å². The quantitative estimate of drug-likeness (QED) is 0.443. The van der Waals surface area contributed by atoms with Crippen LogP contribution in [0.15, 0.2) is 23.9 Å². The molecule has 8 heteroatoms. The van der Waals surface area contributed by atoms with Crippen molar-refractivity contribution < 1.29 is 33.2 Å². The normalized spacial score (nSPS) is 20.9. The SMILES string of the molecule is CC.CC.CC/C(=C/OC)OC.Cc1c2c3c(c4c1OCO4)OC1=CC(=O)OC1C3N(C)CC2. The molecule has 0 aromatic heterocycles. The predicted molar refractivity (Wildman–Crippen MR) is 130 cm³/mol. The van der Waals surface area contributed by atoms with Gasteiger partial charge in [-0.15, -0.1) is 0 Å². The molecule has 2 unspecified atom stereocenters. The van der Waals surface area contributed by atoms with E-state index in [1.54, 1.807) is 20.5 Å². The Morgan fingerprint density at radius 3 is 2.41 bits per heavy atom. The second-order valence-corrected chi connectivity index (χ2v) is 7.47. The Morgan fingerprint density at radius 2 is 1.82 bits per heavy atom. The summed E-state index contributed by atoms with van der Waals surface area (Å²) in [6, 6.07) is -0.0293. The summed E-state index contributed by atoms with van der Waals surface area (Å²) in [6.07, 6.45) is 4.45. The number of nitrogens with zero attached hydrogens (tertiary/aromatic N) is 1. The number of hydrogen-bond acceptors (Lipinski definition) is 8. The van der Waals surface area contributed by atoms with Crippen LogP contribution < -0.4 is 14.2 Å². The fraction of sp³-hybridized carbons (Fsp3) is 0.577. The summed E-state index contributed by atoms with van der Waals surface area (Å²) >= 11 is 0. The van der Waals surface area contributed by atoms with E-state index in [2.05, 4.69) is 11.8 Å². The van der Waals surface area contributed by atoms with Gasteiger partial charge in [-0.2, -0.15) is 0 Å². The van der Waals surface area contributed by atoms with Crippen LogP contribution in [-0.2, 0) is 25.4 Å². The van der Waals surface area contributed by atoms with Crippen molar-refractivity contribution in [3.05, 3.63) is 40.5 Å². The molecule has 190 valence electrons. The minimum Gasteiger partial charge on any atom is -0.501 e. The van der Waals surface area contributed by atoms with Gasteiger partial charge in [-0.25, -0.2) is 4.79 Å². The molecule has 1 aromatic rings. The number of methoxy groups -OCH3 is 2.